The predicted molar refractivity (Wildman–Crippen MR) is 88.9 cm³/mol. The van der Waals surface area contributed by atoms with Crippen LogP contribution in [0.5, 0.6) is 0 Å². The van der Waals surface area contributed by atoms with Gasteiger partial charge in [-0.1, -0.05) is 41.4 Å². The van der Waals surface area contributed by atoms with Crippen molar-refractivity contribution in [1.82, 2.24) is 4.90 Å². The van der Waals surface area contributed by atoms with E-state index in [1.165, 1.54) is 0 Å². The van der Waals surface area contributed by atoms with E-state index in [1.54, 1.807) is 36.5 Å². The molecule has 2 rings (SSSR count). The van der Waals surface area contributed by atoms with Gasteiger partial charge in [-0.3, -0.25) is 4.79 Å². The van der Waals surface area contributed by atoms with Crippen molar-refractivity contribution in [3.05, 3.63) is 75.9 Å². The van der Waals surface area contributed by atoms with Gasteiger partial charge in [-0.15, -0.1) is 0 Å². The molecule has 0 atom stereocenters. The van der Waals surface area contributed by atoms with Crippen LogP contribution in [0.25, 0.3) is 5.57 Å². The molecule has 0 spiro atoms. The first kappa shape index (κ1) is 15.6. The molecule has 0 unspecified atom stereocenters. The maximum Gasteiger partial charge on any atom is 0.195 e. The van der Waals surface area contributed by atoms with Crippen molar-refractivity contribution in [3.63, 3.8) is 0 Å². The van der Waals surface area contributed by atoms with Crippen LogP contribution in [0.3, 0.4) is 0 Å². The van der Waals surface area contributed by atoms with Crippen LogP contribution in [-0.2, 0) is 0 Å². The second-order valence-electron chi connectivity index (χ2n) is 4.82. The van der Waals surface area contributed by atoms with Crippen LogP contribution in [0, 0.1) is 0 Å². The van der Waals surface area contributed by atoms with Gasteiger partial charge in [-0.05, 0) is 30.3 Å². The molecule has 0 amide bonds. The normalized spacial score (nSPS) is 11.3. The Morgan fingerprint density at radius 1 is 1.00 bits per heavy atom. The fourth-order valence-corrected chi connectivity index (χ4v) is 2.31. The highest BCUT2D eigenvalue weighted by Gasteiger charge is 2.17. The molecule has 0 saturated carbocycles. The largest absolute Gasteiger partial charge is 0.383 e. The molecule has 0 bridgehead atoms. The first-order valence-electron chi connectivity index (χ1n) is 6.42. The van der Waals surface area contributed by atoms with E-state index >= 15 is 0 Å². The Bertz CT molecular complexity index is 675. The lowest BCUT2D eigenvalue weighted by atomic mass is 9.97. The van der Waals surface area contributed by atoms with E-state index in [4.69, 9.17) is 23.2 Å². The van der Waals surface area contributed by atoms with Crippen LogP contribution in [0.15, 0.2) is 54.7 Å². The van der Waals surface area contributed by atoms with Crippen LogP contribution in [-0.4, -0.2) is 24.8 Å². The summed E-state index contributed by atoms with van der Waals surface area (Å²) in [4.78, 5) is 14.6. The van der Waals surface area contributed by atoms with E-state index in [0.29, 0.717) is 26.7 Å². The minimum absolute atomic E-state index is 0.0894. The molecule has 21 heavy (non-hydrogen) atoms. The Kier molecular flexibility index (Phi) is 5.05. The summed E-state index contributed by atoms with van der Waals surface area (Å²) in [5.41, 5.74) is 1.84. The fourth-order valence-electron chi connectivity index (χ4n) is 1.95. The zero-order valence-electron chi connectivity index (χ0n) is 11.8. The monoisotopic (exact) mass is 319 g/mol. The third-order valence-corrected chi connectivity index (χ3v) is 3.48. The molecule has 0 heterocycles. The van der Waals surface area contributed by atoms with E-state index in [-0.39, 0.29) is 5.78 Å². The Hall–Kier alpha value is -1.77. The molecule has 0 N–H and O–H groups in total. The van der Waals surface area contributed by atoms with Gasteiger partial charge in [0.1, 0.15) is 0 Å². The first-order chi connectivity index (χ1) is 9.99. The number of benzene rings is 2. The Labute approximate surface area is 134 Å². The van der Waals surface area contributed by atoms with Gasteiger partial charge in [0.2, 0.25) is 0 Å². The quantitative estimate of drug-likeness (QED) is 0.597. The zero-order valence-corrected chi connectivity index (χ0v) is 13.3. The number of halogens is 2. The second-order valence-corrected chi connectivity index (χ2v) is 5.67. The number of carbonyl (C=O) groups is 1. The standard InChI is InChI=1S/C17H15Cl2NO/c1-20(2)11-15(14-5-3-4-6-16(14)19)17(21)12-7-9-13(18)10-8-12/h3-11H,1-2H3/b15-11+. The summed E-state index contributed by atoms with van der Waals surface area (Å²) in [6.45, 7) is 0. The summed E-state index contributed by atoms with van der Waals surface area (Å²) in [6, 6.07) is 14.1. The number of hydrogen-bond donors (Lipinski definition) is 0. The van der Waals surface area contributed by atoms with Crippen LogP contribution >= 0.6 is 23.2 Å². The van der Waals surface area contributed by atoms with Gasteiger partial charge in [0.25, 0.3) is 0 Å². The topological polar surface area (TPSA) is 20.3 Å². The van der Waals surface area contributed by atoms with Crippen molar-refractivity contribution in [1.29, 1.82) is 0 Å². The van der Waals surface area contributed by atoms with Crippen molar-refractivity contribution in [2.24, 2.45) is 0 Å². The highest BCUT2D eigenvalue weighted by Crippen LogP contribution is 2.27. The summed E-state index contributed by atoms with van der Waals surface area (Å²) in [6.07, 6.45) is 1.78. The third kappa shape index (κ3) is 3.87. The van der Waals surface area contributed by atoms with E-state index in [2.05, 4.69) is 0 Å². The lowest BCUT2D eigenvalue weighted by Gasteiger charge is -2.13. The highest BCUT2D eigenvalue weighted by atomic mass is 35.5. The second kappa shape index (κ2) is 6.79. The number of carbonyl (C=O) groups excluding carboxylic acids is 1. The van der Waals surface area contributed by atoms with E-state index < -0.39 is 0 Å². The SMILES string of the molecule is CN(C)/C=C(/C(=O)c1ccc(Cl)cc1)c1ccccc1Cl. The van der Waals surface area contributed by atoms with Crippen LogP contribution in [0.4, 0.5) is 0 Å². The summed E-state index contributed by atoms with van der Waals surface area (Å²) >= 11 is 12.1. The molecular formula is C17H15Cl2NO. The van der Waals surface area contributed by atoms with Gasteiger partial charge in [-0.2, -0.15) is 0 Å². The van der Waals surface area contributed by atoms with E-state index in [1.807, 2.05) is 37.2 Å². The van der Waals surface area contributed by atoms with Crippen LogP contribution in [0.1, 0.15) is 15.9 Å². The fraction of sp³-hybridized carbons (Fsp3) is 0.118. The van der Waals surface area contributed by atoms with Crippen molar-refractivity contribution in [3.8, 4) is 0 Å². The number of ketones is 1. The molecule has 2 aromatic carbocycles. The molecule has 4 heteroatoms. The van der Waals surface area contributed by atoms with Gasteiger partial charge >= 0.3 is 0 Å². The van der Waals surface area contributed by atoms with Gasteiger partial charge in [0.05, 0.1) is 0 Å². The van der Waals surface area contributed by atoms with Gasteiger partial charge in [-0.25, -0.2) is 0 Å². The molecule has 0 radical (unpaired) electrons. The number of Topliss-reactive ketones (excluding diaryl/α,β-unsaturated/α-hetero) is 1. The maximum absolute atomic E-state index is 12.7. The predicted octanol–water partition coefficient (Wildman–Crippen LogP) is 4.78. The molecule has 0 saturated heterocycles. The summed E-state index contributed by atoms with van der Waals surface area (Å²) in [7, 11) is 3.73. The minimum atomic E-state index is -0.0894. The Balaban J connectivity index is 2.49. The first-order valence-corrected chi connectivity index (χ1v) is 7.18. The molecule has 0 aliphatic heterocycles. The van der Waals surface area contributed by atoms with E-state index in [9.17, 15) is 4.79 Å². The molecule has 2 nitrogen and oxygen atoms in total. The molecule has 108 valence electrons. The van der Waals surface area contributed by atoms with Gasteiger partial charge in [0.15, 0.2) is 5.78 Å². The Morgan fingerprint density at radius 2 is 1.62 bits per heavy atom. The smallest absolute Gasteiger partial charge is 0.195 e. The highest BCUT2D eigenvalue weighted by molar-refractivity contribution is 6.37. The zero-order chi connectivity index (χ0) is 15.4. The summed E-state index contributed by atoms with van der Waals surface area (Å²) in [5, 5.41) is 1.15. The minimum Gasteiger partial charge on any atom is -0.383 e. The average Bonchev–Trinajstić information content (AvgIpc) is 2.45. The Morgan fingerprint density at radius 3 is 2.19 bits per heavy atom. The maximum atomic E-state index is 12.7. The number of allylic oxidation sites excluding steroid dienone is 1. The molecular weight excluding hydrogens is 305 g/mol. The van der Waals surface area contributed by atoms with E-state index in [0.717, 1.165) is 0 Å². The van der Waals surface area contributed by atoms with Crippen LogP contribution < -0.4 is 0 Å². The molecule has 2 aromatic rings. The van der Waals surface area contributed by atoms with Crippen molar-refractivity contribution >= 4 is 34.6 Å². The van der Waals surface area contributed by atoms with Crippen molar-refractivity contribution < 1.29 is 4.79 Å². The van der Waals surface area contributed by atoms with Crippen LogP contribution in [0.2, 0.25) is 10.0 Å². The number of rotatable bonds is 4. The molecule has 0 aliphatic rings. The van der Waals surface area contributed by atoms with Gasteiger partial charge < -0.3 is 4.90 Å². The lowest BCUT2D eigenvalue weighted by Crippen LogP contribution is -2.09. The number of nitrogens with zero attached hydrogens (tertiary/aromatic N) is 1. The lowest BCUT2D eigenvalue weighted by molar-refractivity contribution is 0.105. The average molecular weight is 320 g/mol. The molecule has 0 fully saturated rings. The van der Waals surface area contributed by atoms with Crippen molar-refractivity contribution in [2.45, 2.75) is 0 Å². The third-order valence-electron chi connectivity index (χ3n) is 2.90. The number of hydrogen-bond acceptors (Lipinski definition) is 2. The van der Waals surface area contributed by atoms with Crippen molar-refractivity contribution in [2.75, 3.05) is 14.1 Å². The van der Waals surface area contributed by atoms with Gasteiger partial charge in [0, 0.05) is 47.0 Å². The summed E-state index contributed by atoms with van der Waals surface area (Å²) in [5.74, 6) is -0.0894. The summed E-state index contributed by atoms with van der Waals surface area (Å²) < 4.78 is 0. The molecule has 0 aliphatic carbocycles. The molecule has 0 aromatic heterocycles.